The van der Waals surface area contributed by atoms with Crippen molar-refractivity contribution in [3.05, 3.63) is 38.5 Å². The Labute approximate surface area is 142 Å². The molecule has 0 radical (unpaired) electrons. The van der Waals surface area contributed by atoms with E-state index in [1.54, 1.807) is 18.6 Å². The number of amides is 1. The van der Waals surface area contributed by atoms with Crippen molar-refractivity contribution < 1.29 is 4.79 Å². The SMILES string of the molecule is Cn1c(N2CCCC(C(=O)Nc3nccs3)C2)cc(=O)n(C)c1=O. The standard InChI is InChI=1S/C15H19N5O3S/c1-18-11(8-12(21)19(2)15(18)23)20-6-3-4-10(9-20)13(22)17-14-16-5-7-24-14/h5,7-8,10H,3-4,6,9H2,1-2H3,(H,16,17,22). The summed E-state index contributed by atoms with van der Waals surface area (Å²) in [5.41, 5.74) is -0.714. The summed E-state index contributed by atoms with van der Waals surface area (Å²) in [5.74, 6) is 0.264. The average Bonchev–Trinajstić information content (AvgIpc) is 3.09. The maximum atomic E-state index is 12.4. The molecular weight excluding hydrogens is 330 g/mol. The fourth-order valence-corrected chi connectivity index (χ4v) is 3.45. The maximum absolute atomic E-state index is 12.4. The van der Waals surface area contributed by atoms with Gasteiger partial charge in [-0.25, -0.2) is 9.78 Å². The summed E-state index contributed by atoms with van der Waals surface area (Å²) in [4.78, 5) is 42.4. The molecule has 128 valence electrons. The van der Waals surface area contributed by atoms with E-state index in [1.165, 1.54) is 29.0 Å². The van der Waals surface area contributed by atoms with Gasteiger partial charge in [0.15, 0.2) is 5.13 Å². The van der Waals surface area contributed by atoms with Crippen LogP contribution in [0.2, 0.25) is 0 Å². The van der Waals surface area contributed by atoms with E-state index in [4.69, 9.17) is 0 Å². The molecule has 0 saturated carbocycles. The normalized spacial score (nSPS) is 17.8. The number of anilines is 2. The molecule has 0 spiro atoms. The Kier molecular flexibility index (Phi) is 4.52. The lowest BCUT2D eigenvalue weighted by Gasteiger charge is -2.34. The van der Waals surface area contributed by atoms with Crippen LogP contribution in [0.25, 0.3) is 0 Å². The minimum absolute atomic E-state index is 0.0801. The van der Waals surface area contributed by atoms with Gasteiger partial charge in [-0.1, -0.05) is 0 Å². The molecule has 1 N–H and O–H groups in total. The van der Waals surface area contributed by atoms with E-state index in [1.807, 2.05) is 4.90 Å². The predicted molar refractivity (Wildman–Crippen MR) is 92.6 cm³/mol. The Morgan fingerprint density at radius 2 is 2.12 bits per heavy atom. The van der Waals surface area contributed by atoms with Gasteiger partial charge < -0.3 is 10.2 Å². The summed E-state index contributed by atoms with van der Waals surface area (Å²) in [7, 11) is 3.09. The summed E-state index contributed by atoms with van der Waals surface area (Å²) in [6.45, 7) is 1.18. The monoisotopic (exact) mass is 349 g/mol. The van der Waals surface area contributed by atoms with Gasteiger partial charge in [0.25, 0.3) is 5.56 Å². The zero-order chi connectivity index (χ0) is 17.3. The zero-order valence-electron chi connectivity index (χ0n) is 13.6. The van der Waals surface area contributed by atoms with E-state index in [0.29, 0.717) is 24.0 Å². The van der Waals surface area contributed by atoms with Crippen LogP contribution in [0.4, 0.5) is 10.9 Å². The molecule has 2 aromatic heterocycles. The third kappa shape index (κ3) is 3.12. The zero-order valence-corrected chi connectivity index (χ0v) is 14.4. The molecule has 3 rings (SSSR count). The number of piperidine rings is 1. The quantitative estimate of drug-likeness (QED) is 0.866. The fourth-order valence-electron chi connectivity index (χ4n) is 2.92. The van der Waals surface area contributed by atoms with Gasteiger partial charge in [-0.2, -0.15) is 0 Å². The molecule has 24 heavy (non-hydrogen) atoms. The molecule has 1 saturated heterocycles. The molecule has 0 aliphatic carbocycles. The van der Waals surface area contributed by atoms with Crippen molar-refractivity contribution in [2.45, 2.75) is 12.8 Å². The number of hydrogen-bond acceptors (Lipinski definition) is 6. The van der Waals surface area contributed by atoms with Gasteiger partial charge in [0.05, 0.1) is 5.92 Å². The van der Waals surface area contributed by atoms with Gasteiger partial charge >= 0.3 is 5.69 Å². The van der Waals surface area contributed by atoms with E-state index in [9.17, 15) is 14.4 Å². The van der Waals surface area contributed by atoms with Crippen molar-refractivity contribution in [3.63, 3.8) is 0 Å². The summed E-state index contributed by atoms with van der Waals surface area (Å²) in [5, 5.41) is 5.20. The highest BCUT2D eigenvalue weighted by Crippen LogP contribution is 2.23. The summed E-state index contributed by atoms with van der Waals surface area (Å²) in [6, 6.07) is 1.45. The Hall–Kier alpha value is -2.42. The molecule has 2 aromatic rings. The molecule has 1 atom stereocenters. The van der Waals surface area contributed by atoms with Crippen LogP contribution < -0.4 is 21.5 Å². The Morgan fingerprint density at radius 1 is 1.33 bits per heavy atom. The number of nitrogens with one attached hydrogen (secondary N) is 1. The van der Waals surface area contributed by atoms with Crippen molar-refractivity contribution in [1.82, 2.24) is 14.1 Å². The highest BCUT2D eigenvalue weighted by Gasteiger charge is 2.28. The minimum atomic E-state index is -0.369. The largest absolute Gasteiger partial charge is 0.357 e. The Balaban J connectivity index is 1.80. The van der Waals surface area contributed by atoms with Crippen LogP contribution in [0.3, 0.4) is 0 Å². The van der Waals surface area contributed by atoms with Gasteiger partial charge in [-0.15, -0.1) is 11.3 Å². The van der Waals surface area contributed by atoms with Crippen LogP contribution >= 0.6 is 11.3 Å². The van der Waals surface area contributed by atoms with Gasteiger partial charge in [0, 0.05) is 44.8 Å². The summed E-state index contributed by atoms with van der Waals surface area (Å²) >= 11 is 1.37. The van der Waals surface area contributed by atoms with Crippen LogP contribution in [-0.2, 0) is 18.9 Å². The molecule has 1 unspecified atom stereocenters. The lowest BCUT2D eigenvalue weighted by Crippen LogP contribution is -2.45. The molecule has 9 heteroatoms. The lowest BCUT2D eigenvalue weighted by molar-refractivity contribution is -0.120. The molecule has 0 aromatic carbocycles. The molecule has 1 aliphatic heterocycles. The minimum Gasteiger partial charge on any atom is -0.357 e. The second-order valence-corrected chi connectivity index (χ2v) is 6.75. The smallest absolute Gasteiger partial charge is 0.332 e. The third-order valence-corrected chi connectivity index (χ3v) is 4.97. The van der Waals surface area contributed by atoms with Crippen LogP contribution in [0.15, 0.2) is 27.2 Å². The molecule has 3 heterocycles. The summed E-state index contributed by atoms with van der Waals surface area (Å²) in [6.07, 6.45) is 3.23. The van der Waals surface area contributed by atoms with E-state index >= 15 is 0 Å². The van der Waals surface area contributed by atoms with Crippen molar-refractivity contribution in [3.8, 4) is 0 Å². The van der Waals surface area contributed by atoms with Crippen LogP contribution in [-0.4, -0.2) is 33.1 Å². The molecule has 0 bridgehead atoms. The van der Waals surface area contributed by atoms with E-state index in [0.717, 1.165) is 17.4 Å². The molecule has 8 nitrogen and oxygen atoms in total. The Morgan fingerprint density at radius 3 is 2.83 bits per heavy atom. The molecule has 1 amide bonds. The first kappa shape index (κ1) is 16.4. The highest BCUT2D eigenvalue weighted by atomic mass is 32.1. The number of nitrogens with zero attached hydrogens (tertiary/aromatic N) is 4. The first-order valence-corrected chi connectivity index (χ1v) is 8.57. The topological polar surface area (TPSA) is 89.2 Å². The second-order valence-electron chi connectivity index (χ2n) is 5.85. The highest BCUT2D eigenvalue weighted by molar-refractivity contribution is 7.13. The Bertz CT molecular complexity index is 855. The van der Waals surface area contributed by atoms with Crippen molar-refractivity contribution >= 4 is 28.2 Å². The number of carbonyl (C=O) groups is 1. The first-order chi connectivity index (χ1) is 11.5. The molecule has 1 aliphatic rings. The van der Waals surface area contributed by atoms with E-state index in [-0.39, 0.29) is 23.1 Å². The predicted octanol–water partition coefficient (Wildman–Crippen LogP) is 0.396. The molecule has 1 fully saturated rings. The van der Waals surface area contributed by atoms with Crippen LogP contribution in [0.1, 0.15) is 12.8 Å². The van der Waals surface area contributed by atoms with E-state index < -0.39 is 0 Å². The van der Waals surface area contributed by atoms with Crippen LogP contribution in [0.5, 0.6) is 0 Å². The number of hydrogen-bond donors (Lipinski definition) is 1. The lowest BCUT2D eigenvalue weighted by atomic mass is 9.97. The van der Waals surface area contributed by atoms with Crippen molar-refractivity contribution in [2.75, 3.05) is 23.3 Å². The average molecular weight is 349 g/mol. The number of aromatic nitrogens is 3. The maximum Gasteiger partial charge on any atom is 0.332 e. The molecular formula is C15H19N5O3S. The number of carbonyl (C=O) groups excluding carboxylic acids is 1. The second kappa shape index (κ2) is 6.60. The van der Waals surface area contributed by atoms with Gasteiger partial charge in [-0.05, 0) is 12.8 Å². The van der Waals surface area contributed by atoms with Crippen molar-refractivity contribution in [1.29, 1.82) is 0 Å². The third-order valence-electron chi connectivity index (χ3n) is 4.28. The number of rotatable bonds is 3. The van der Waals surface area contributed by atoms with Crippen LogP contribution in [0, 0.1) is 5.92 Å². The van der Waals surface area contributed by atoms with Gasteiger partial charge in [0.2, 0.25) is 5.91 Å². The summed E-state index contributed by atoms with van der Waals surface area (Å²) < 4.78 is 2.52. The van der Waals surface area contributed by atoms with Gasteiger partial charge in [-0.3, -0.25) is 18.7 Å². The van der Waals surface area contributed by atoms with E-state index in [2.05, 4.69) is 10.3 Å². The van der Waals surface area contributed by atoms with Gasteiger partial charge in [0.1, 0.15) is 5.82 Å². The first-order valence-electron chi connectivity index (χ1n) is 7.69. The number of thiazole rings is 1. The fraction of sp³-hybridized carbons (Fsp3) is 0.467. The van der Waals surface area contributed by atoms with Crippen molar-refractivity contribution in [2.24, 2.45) is 20.0 Å².